The number of benzene rings is 2. The van der Waals surface area contributed by atoms with E-state index in [1.54, 1.807) is 35.7 Å². The second-order valence-electron chi connectivity index (χ2n) is 6.50. The number of methoxy groups -OCH3 is 1. The number of thiophene rings is 1. The van der Waals surface area contributed by atoms with E-state index in [0.717, 1.165) is 16.7 Å². The highest BCUT2D eigenvalue weighted by molar-refractivity contribution is 7.12. The lowest BCUT2D eigenvalue weighted by Crippen LogP contribution is -2.01. The Morgan fingerprint density at radius 1 is 0.900 bits per heavy atom. The van der Waals surface area contributed by atoms with Crippen molar-refractivity contribution in [1.29, 1.82) is 0 Å². The van der Waals surface area contributed by atoms with Gasteiger partial charge in [0.1, 0.15) is 4.88 Å². The van der Waals surface area contributed by atoms with Gasteiger partial charge < -0.3 is 9.84 Å². The van der Waals surface area contributed by atoms with Gasteiger partial charge in [-0.25, -0.2) is 14.6 Å². The largest absolute Gasteiger partial charge is 0.477 e. The number of nitrogens with zero attached hydrogens (tertiary/aromatic N) is 1. The van der Waals surface area contributed by atoms with Gasteiger partial charge in [-0.1, -0.05) is 48.5 Å². The zero-order chi connectivity index (χ0) is 21.1. The minimum Gasteiger partial charge on any atom is -0.477 e. The Labute approximate surface area is 177 Å². The van der Waals surface area contributed by atoms with Gasteiger partial charge in [0.05, 0.1) is 24.1 Å². The first-order chi connectivity index (χ1) is 14.6. The molecule has 6 heteroatoms. The summed E-state index contributed by atoms with van der Waals surface area (Å²) in [6, 6.07) is 22.3. The Balaban J connectivity index is 1.91. The average Bonchev–Trinajstić information content (AvgIpc) is 3.29. The third-order valence-electron chi connectivity index (χ3n) is 4.67. The van der Waals surface area contributed by atoms with Crippen LogP contribution in [-0.2, 0) is 4.74 Å². The molecule has 0 radical (unpaired) electrons. The number of aromatic nitrogens is 1. The number of aromatic carboxylic acids is 1. The number of carbonyl (C=O) groups excluding carboxylic acids is 1. The topological polar surface area (TPSA) is 76.5 Å². The zero-order valence-electron chi connectivity index (χ0n) is 16.0. The smallest absolute Gasteiger partial charge is 0.346 e. The maximum absolute atomic E-state index is 12.0. The van der Waals surface area contributed by atoms with Crippen molar-refractivity contribution in [3.63, 3.8) is 0 Å². The van der Waals surface area contributed by atoms with Crippen molar-refractivity contribution in [2.24, 2.45) is 0 Å². The highest BCUT2D eigenvalue weighted by Gasteiger charge is 2.18. The van der Waals surface area contributed by atoms with Gasteiger partial charge >= 0.3 is 11.9 Å². The Morgan fingerprint density at radius 2 is 1.67 bits per heavy atom. The molecule has 2 heterocycles. The van der Waals surface area contributed by atoms with Gasteiger partial charge in [0.25, 0.3) is 0 Å². The second kappa shape index (κ2) is 8.31. The fourth-order valence-corrected chi connectivity index (χ4v) is 4.01. The predicted molar refractivity (Wildman–Crippen MR) is 117 cm³/mol. The molecule has 0 unspecified atom stereocenters. The first-order valence-electron chi connectivity index (χ1n) is 9.15. The molecule has 0 fully saturated rings. The molecule has 148 valence electrons. The summed E-state index contributed by atoms with van der Waals surface area (Å²) in [5.41, 5.74) is 4.87. The third kappa shape index (κ3) is 3.73. The van der Waals surface area contributed by atoms with Crippen LogP contribution < -0.4 is 0 Å². The Kier molecular flexibility index (Phi) is 5.41. The number of esters is 1. The highest BCUT2D eigenvalue weighted by Crippen LogP contribution is 2.35. The molecular formula is C24H17NO4S. The molecule has 2 aromatic heterocycles. The van der Waals surface area contributed by atoms with Crippen LogP contribution in [-0.4, -0.2) is 29.1 Å². The lowest BCUT2D eigenvalue weighted by atomic mass is 9.96. The molecular weight excluding hydrogens is 398 g/mol. The van der Waals surface area contributed by atoms with Gasteiger partial charge in [0.2, 0.25) is 0 Å². The molecule has 0 aliphatic heterocycles. The molecule has 0 saturated heterocycles. The molecule has 30 heavy (non-hydrogen) atoms. The number of pyridine rings is 1. The molecule has 0 aliphatic carbocycles. The Bertz CT molecular complexity index is 1230. The van der Waals surface area contributed by atoms with Crippen molar-refractivity contribution < 1.29 is 19.4 Å². The summed E-state index contributed by atoms with van der Waals surface area (Å²) in [5.74, 6) is -1.38. The maximum Gasteiger partial charge on any atom is 0.346 e. The van der Waals surface area contributed by atoms with Crippen molar-refractivity contribution in [2.45, 2.75) is 0 Å². The van der Waals surface area contributed by atoms with Crippen LogP contribution in [0.2, 0.25) is 0 Å². The van der Waals surface area contributed by atoms with Crippen molar-refractivity contribution in [3.8, 4) is 33.6 Å². The van der Waals surface area contributed by atoms with Crippen LogP contribution in [0.15, 0.2) is 78.2 Å². The molecule has 4 aromatic rings. The van der Waals surface area contributed by atoms with E-state index in [2.05, 4.69) is 0 Å². The Morgan fingerprint density at radius 3 is 2.40 bits per heavy atom. The minimum atomic E-state index is -0.974. The molecule has 0 saturated carbocycles. The number of carboxylic acids is 1. The number of carboxylic acid groups (broad SMARTS) is 1. The van der Waals surface area contributed by atoms with Crippen molar-refractivity contribution >= 4 is 23.3 Å². The van der Waals surface area contributed by atoms with Crippen LogP contribution in [0.4, 0.5) is 0 Å². The van der Waals surface area contributed by atoms with Gasteiger partial charge in [-0.05, 0) is 35.2 Å². The van der Waals surface area contributed by atoms with E-state index in [1.165, 1.54) is 18.4 Å². The summed E-state index contributed by atoms with van der Waals surface area (Å²) in [5, 5.41) is 11.2. The monoisotopic (exact) mass is 415 g/mol. The summed E-state index contributed by atoms with van der Waals surface area (Å²) in [4.78, 5) is 28.6. The molecule has 0 atom stereocenters. The summed E-state index contributed by atoms with van der Waals surface area (Å²) >= 11 is 1.17. The standard InChI is InChI=1S/C24H17NO4S/c1-29-24(28)17-9-5-8-16(14-17)18-10-11-20(19-12-13-30-22(19)23(26)27)25-21(18)15-6-3-2-4-7-15/h2-14H,1H3,(H,26,27). The summed E-state index contributed by atoms with van der Waals surface area (Å²) in [6.07, 6.45) is 0. The molecule has 0 amide bonds. The van der Waals surface area contributed by atoms with E-state index in [4.69, 9.17) is 9.72 Å². The van der Waals surface area contributed by atoms with Crippen LogP contribution in [0.5, 0.6) is 0 Å². The minimum absolute atomic E-state index is 0.252. The second-order valence-corrected chi connectivity index (χ2v) is 7.42. The van der Waals surface area contributed by atoms with Crippen LogP contribution in [0.3, 0.4) is 0 Å². The quantitative estimate of drug-likeness (QED) is 0.428. The SMILES string of the molecule is COC(=O)c1cccc(-c2ccc(-c3ccsc3C(=O)O)nc2-c2ccccc2)c1. The van der Waals surface area contributed by atoms with E-state index in [1.807, 2.05) is 42.5 Å². The Hall–Kier alpha value is -3.77. The van der Waals surface area contributed by atoms with Gasteiger partial charge in [-0.15, -0.1) is 11.3 Å². The molecule has 2 aromatic carbocycles. The lowest BCUT2D eigenvalue weighted by molar-refractivity contribution is 0.0600. The van der Waals surface area contributed by atoms with Crippen molar-refractivity contribution in [2.75, 3.05) is 7.11 Å². The maximum atomic E-state index is 12.0. The molecule has 1 N–H and O–H groups in total. The number of carbonyl (C=O) groups is 2. The number of ether oxygens (including phenoxy) is 1. The van der Waals surface area contributed by atoms with E-state index in [9.17, 15) is 14.7 Å². The number of hydrogen-bond donors (Lipinski definition) is 1. The number of hydrogen-bond acceptors (Lipinski definition) is 5. The fraction of sp³-hybridized carbons (Fsp3) is 0.0417. The molecule has 5 nitrogen and oxygen atoms in total. The van der Waals surface area contributed by atoms with E-state index in [0.29, 0.717) is 22.5 Å². The zero-order valence-corrected chi connectivity index (χ0v) is 16.8. The molecule has 0 spiro atoms. The van der Waals surface area contributed by atoms with Crippen LogP contribution in [0.1, 0.15) is 20.0 Å². The summed E-state index contributed by atoms with van der Waals surface area (Å²) < 4.78 is 4.84. The fourth-order valence-electron chi connectivity index (χ4n) is 3.27. The summed E-state index contributed by atoms with van der Waals surface area (Å²) in [7, 11) is 1.35. The third-order valence-corrected chi connectivity index (χ3v) is 5.57. The van der Waals surface area contributed by atoms with Crippen molar-refractivity contribution in [1.82, 2.24) is 4.98 Å². The summed E-state index contributed by atoms with van der Waals surface area (Å²) in [6.45, 7) is 0. The van der Waals surface area contributed by atoms with Gasteiger partial charge in [0, 0.05) is 16.7 Å². The van der Waals surface area contributed by atoms with Gasteiger partial charge in [0.15, 0.2) is 0 Å². The molecule has 4 rings (SSSR count). The van der Waals surface area contributed by atoms with Crippen LogP contribution in [0, 0.1) is 0 Å². The molecule has 0 aliphatic rings. The first kappa shape index (κ1) is 19.5. The first-order valence-corrected chi connectivity index (χ1v) is 10.0. The molecule has 0 bridgehead atoms. The van der Waals surface area contributed by atoms with E-state index in [-0.39, 0.29) is 4.88 Å². The van der Waals surface area contributed by atoms with Crippen LogP contribution in [0.25, 0.3) is 33.6 Å². The van der Waals surface area contributed by atoms with E-state index >= 15 is 0 Å². The number of rotatable bonds is 5. The highest BCUT2D eigenvalue weighted by atomic mass is 32.1. The van der Waals surface area contributed by atoms with Gasteiger partial charge in [-0.3, -0.25) is 0 Å². The van der Waals surface area contributed by atoms with Gasteiger partial charge in [-0.2, -0.15) is 0 Å². The lowest BCUT2D eigenvalue weighted by Gasteiger charge is -2.12. The average molecular weight is 415 g/mol. The van der Waals surface area contributed by atoms with Crippen LogP contribution >= 0.6 is 11.3 Å². The normalized spacial score (nSPS) is 10.6. The predicted octanol–water partition coefficient (Wildman–Crippen LogP) is 5.63. The van der Waals surface area contributed by atoms with E-state index < -0.39 is 11.9 Å². The van der Waals surface area contributed by atoms with Crippen molar-refractivity contribution in [3.05, 3.63) is 88.6 Å².